The average Bonchev–Trinajstić information content (AvgIpc) is 2.34. The third-order valence-corrected chi connectivity index (χ3v) is 3.22. The van der Waals surface area contributed by atoms with Crippen molar-refractivity contribution in [3.63, 3.8) is 0 Å². The molecule has 2 rings (SSSR count). The van der Waals surface area contributed by atoms with Gasteiger partial charge >= 0.3 is 5.69 Å². The number of rotatable bonds is 3. The van der Waals surface area contributed by atoms with Crippen molar-refractivity contribution in [2.24, 2.45) is 0 Å². The Bertz CT molecular complexity index is 521. The summed E-state index contributed by atoms with van der Waals surface area (Å²) < 4.78 is 13.5. The fourth-order valence-electron chi connectivity index (χ4n) is 2.08. The minimum Gasteiger partial charge on any atom is -0.353 e. The molecule has 1 aliphatic heterocycles. The summed E-state index contributed by atoms with van der Waals surface area (Å²) in [6.07, 6.45) is 0. The first-order valence-electron chi connectivity index (χ1n) is 5.93. The van der Waals surface area contributed by atoms with Gasteiger partial charge in [-0.05, 0) is 18.6 Å². The van der Waals surface area contributed by atoms with Crippen molar-refractivity contribution in [3.8, 4) is 0 Å². The summed E-state index contributed by atoms with van der Waals surface area (Å²) in [7, 11) is 0. The van der Waals surface area contributed by atoms with Crippen LogP contribution in [-0.2, 0) is 11.3 Å². The number of benzene rings is 1. The largest absolute Gasteiger partial charge is 0.353 e. The molecule has 0 spiro atoms. The molecule has 6 nitrogen and oxygen atoms in total. The van der Waals surface area contributed by atoms with E-state index in [2.05, 4.69) is 5.32 Å². The zero-order valence-electron chi connectivity index (χ0n) is 10.4. The van der Waals surface area contributed by atoms with Gasteiger partial charge in [0.2, 0.25) is 11.7 Å². The van der Waals surface area contributed by atoms with E-state index in [4.69, 9.17) is 0 Å². The summed E-state index contributed by atoms with van der Waals surface area (Å²) in [5.41, 5.74) is 0.0813. The van der Waals surface area contributed by atoms with E-state index >= 15 is 0 Å². The van der Waals surface area contributed by atoms with Crippen LogP contribution in [0.4, 0.5) is 10.1 Å². The topological polar surface area (TPSA) is 75.5 Å². The van der Waals surface area contributed by atoms with Crippen LogP contribution >= 0.6 is 0 Å². The number of nitro groups is 1. The van der Waals surface area contributed by atoms with Crippen LogP contribution in [0.1, 0.15) is 12.5 Å². The van der Waals surface area contributed by atoms with Gasteiger partial charge in [0.25, 0.3) is 0 Å². The van der Waals surface area contributed by atoms with Crippen molar-refractivity contribution in [2.75, 3.05) is 13.1 Å². The number of carbonyl (C=O) groups is 1. The van der Waals surface area contributed by atoms with Crippen LogP contribution in [0.25, 0.3) is 0 Å². The molecule has 0 bridgehead atoms. The molecule has 1 aromatic rings. The molecule has 0 aromatic heterocycles. The highest BCUT2D eigenvalue weighted by molar-refractivity contribution is 5.81. The fraction of sp³-hybridized carbons (Fsp3) is 0.417. The van der Waals surface area contributed by atoms with Gasteiger partial charge in [-0.25, -0.2) is 0 Å². The van der Waals surface area contributed by atoms with Crippen molar-refractivity contribution in [1.29, 1.82) is 0 Å². The van der Waals surface area contributed by atoms with E-state index < -0.39 is 16.4 Å². The van der Waals surface area contributed by atoms with Gasteiger partial charge in [0.15, 0.2) is 0 Å². The molecule has 102 valence electrons. The van der Waals surface area contributed by atoms with Gasteiger partial charge < -0.3 is 5.32 Å². The highest BCUT2D eigenvalue weighted by Crippen LogP contribution is 2.19. The molecule has 1 saturated heterocycles. The normalized spacial score (nSPS) is 20.1. The molecular formula is C12H14FN3O3. The van der Waals surface area contributed by atoms with Gasteiger partial charge in [0.1, 0.15) is 0 Å². The minimum atomic E-state index is -0.850. The lowest BCUT2D eigenvalue weighted by atomic mass is 10.1. The number of piperazine rings is 1. The molecule has 1 amide bonds. The molecule has 1 aliphatic rings. The monoisotopic (exact) mass is 267 g/mol. The van der Waals surface area contributed by atoms with E-state index in [1.54, 1.807) is 6.92 Å². The number of hydrogen-bond acceptors (Lipinski definition) is 4. The zero-order chi connectivity index (χ0) is 14.0. The van der Waals surface area contributed by atoms with Crippen LogP contribution in [0.5, 0.6) is 0 Å². The molecule has 1 N–H and O–H groups in total. The lowest BCUT2D eigenvalue weighted by molar-refractivity contribution is -0.387. The molecule has 19 heavy (non-hydrogen) atoms. The van der Waals surface area contributed by atoms with E-state index in [0.29, 0.717) is 25.2 Å². The van der Waals surface area contributed by atoms with Crippen LogP contribution in [0.3, 0.4) is 0 Å². The number of nitrogens with zero attached hydrogens (tertiary/aromatic N) is 2. The summed E-state index contributed by atoms with van der Waals surface area (Å²) in [4.78, 5) is 23.2. The molecule has 1 aromatic carbocycles. The molecule has 1 heterocycles. The molecule has 1 atom stereocenters. The summed E-state index contributed by atoms with van der Waals surface area (Å²) in [5, 5.41) is 13.3. The van der Waals surface area contributed by atoms with E-state index in [1.807, 2.05) is 4.90 Å². The first kappa shape index (κ1) is 13.4. The smallest absolute Gasteiger partial charge is 0.304 e. The van der Waals surface area contributed by atoms with Gasteiger partial charge in [-0.3, -0.25) is 19.8 Å². The number of carbonyl (C=O) groups excluding carboxylic acids is 1. The number of nitro benzene ring substituents is 1. The quantitative estimate of drug-likeness (QED) is 0.656. The van der Waals surface area contributed by atoms with Gasteiger partial charge in [-0.15, -0.1) is 0 Å². The Kier molecular flexibility index (Phi) is 3.75. The second-order valence-electron chi connectivity index (χ2n) is 4.48. The summed E-state index contributed by atoms with van der Waals surface area (Å²) in [6, 6.07) is 3.53. The van der Waals surface area contributed by atoms with E-state index in [-0.39, 0.29) is 11.9 Å². The molecule has 1 fully saturated rings. The Morgan fingerprint density at radius 2 is 2.32 bits per heavy atom. The standard InChI is InChI=1S/C12H14FN3O3/c1-8-12(17)14-4-5-15(8)7-9-2-3-11(16(18)19)10(13)6-9/h2-3,6,8H,4-5,7H2,1H3,(H,14,17). The van der Waals surface area contributed by atoms with Crippen molar-refractivity contribution in [1.82, 2.24) is 10.2 Å². The third-order valence-electron chi connectivity index (χ3n) is 3.22. The Morgan fingerprint density at radius 3 is 2.95 bits per heavy atom. The number of amides is 1. The lowest BCUT2D eigenvalue weighted by Crippen LogP contribution is -2.53. The highest BCUT2D eigenvalue weighted by atomic mass is 19.1. The van der Waals surface area contributed by atoms with Gasteiger partial charge in [-0.2, -0.15) is 4.39 Å². The van der Waals surface area contributed by atoms with Gasteiger partial charge in [0.05, 0.1) is 11.0 Å². The first-order chi connectivity index (χ1) is 8.99. The molecule has 7 heteroatoms. The van der Waals surface area contributed by atoms with Gasteiger partial charge in [0, 0.05) is 25.7 Å². The Morgan fingerprint density at radius 1 is 1.58 bits per heavy atom. The Balaban J connectivity index is 2.13. The predicted molar refractivity (Wildman–Crippen MR) is 65.9 cm³/mol. The maximum atomic E-state index is 13.5. The SMILES string of the molecule is CC1C(=O)NCCN1Cc1ccc([N+](=O)[O-])c(F)c1. The highest BCUT2D eigenvalue weighted by Gasteiger charge is 2.25. The fourth-order valence-corrected chi connectivity index (χ4v) is 2.08. The Labute approximate surface area is 109 Å². The minimum absolute atomic E-state index is 0.0615. The third kappa shape index (κ3) is 2.87. The second kappa shape index (κ2) is 5.31. The van der Waals surface area contributed by atoms with E-state index in [0.717, 1.165) is 12.1 Å². The summed E-state index contributed by atoms with van der Waals surface area (Å²) in [6.45, 7) is 3.39. The van der Waals surface area contributed by atoms with Crippen LogP contribution in [0.15, 0.2) is 18.2 Å². The van der Waals surface area contributed by atoms with Crippen LogP contribution in [-0.4, -0.2) is 34.9 Å². The van der Waals surface area contributed by atoms with E-state index in [1.165, 1.54) is 6.07 Å². The summed E-state index contributed by atoms with van der Waals surface area (Å²) >= 11 is 0. The van der Waals surface area contributed by atoms with Crippen molar-refractivity contribution < 1.29 is 14.1 Å². The number of nitrogens with one attached hydrogen (secondary N) is 1. The van der Waals surface area contributed by atoms with Crippen molar-refractivity contribution in [2.45, 2.75) is 19.5 Å². The summed E-state index contributed by atoms with van der Waals surface area (Å²) in [5.74, 6) is -0.912. The second-order valence-corrected chi connectivity index (χ2v) is 4.48. The van der Waals surface area contributed by atoms with Crippen LogP contribution in [0, 0.1) is 15.9 Å². The maximum Gasteiger partial charge on any atom is 0.304 e. The average molecular weight is 267 g/mol. The lowest BCUT2D eigenvalue weighted by Gasteiger charge is -2.32. The van der Waals surface area contributed by atoms with Crippen LogP contribution in [0.2, 0.25) is 0 Å². The zero-order valence-corrected chi connectivity index (χ0v) is 10.4. The molecule has 0 aliphatic carbocycles. The molecule has 0 radical (unpaired) electrons. The number of halogens is 1. The molecule has 0 saturated carbocycles. The Hall–Kier alpha value is -2.02. The maximum absolute atomic E-state index is 13.5. The molecule has 1 unspecified atom stereocenters. The number of hydrogen-bond donors (Lipinski definition) is 1. The van der Waals surface area contributed by atoms with E-state index in [9.17, 15) is 19.3 Å². The van der Waals surface area contributed by atoms with Gasteiger partial charge in [-0.1, -0.05) is 6.07 Å². The predicted octanol–water partition coefficient (Wildman–Crippen LogP) is 1.05. The first-order valence-corrected chi connectivity index (χ1v) is 5.93. The molecular weight excluding hydrogens is 253 g/mol. The van der Waals surface area contributed by atoms with Crippen molar-refractivity contribution >= 4 is 11.6 Å². The van der Waals surface area contributed by atoms with Crippen LogP contribution < -0.4 is 5.32 Å². The van der Waals surface area contributed by atoms with Crippen molar-refractivity contribution in [3.05, 3.63) is 39.7 Å².